The maximum atomic E-state index is 5.70. The van der Waals surface area contributed by atoms with Crippen molar-refractivity contribution >= 4 is 28.2 Å². The van der Waals surface area contributed by atoms with Crippen LogP contribution in [0, 0.1) is 0 Å². The van der Waals surface area contributed by atoms with Gasteiger partial charge in [0.05, 0.1) is 0 Å². The van der Waals surface area contributed by atoms with Gasteiger partial charge >= 0.3 is 0 Å². The maximum absolute atomic E-state index is 5.70. The molecule has 0 radical (unpaired) electrons. The number of thiocarbonyl (C=S) groups is 1. The van der Waals surface area contributed by atoms with Gasteiger partial charge in [0.1, 0.15) is 0 Å². The van der Waals surface area contributed by atoms with Gasteiger partial charge in [0, 0.05) is 42.1 Å². The molecule has 2 aromatic rings. The second-order valence-corrected chi connectivity index (χ2v) is 7.29. The Balaban J connectivity index is 1.44. The Labute approximate surface area is 143 Å². The quantitative estimate of drug-likeness (QED) is 0.782. The summed E-state index contributed by atoms with van der Waals surface area (Å²) in [7, 11) is 0. The molecule has 2 aliphatic rings. The first-order valence-corrected chi connectivity index (χ1v) is 9.36. The van der Waals surface area contributed by atoms with Crippen LogP contribution in [0.3, 0.4) is 0 Å². The fraction of sp³-hybridized carbons (Fsp3) is 0.526. The van der Waals surface area contributed by atoms with Crippen LogP contribution in [-0.2, 0) is 12.8 Å². The van der Waals surface area contributed by atoms with E-state index in [2.05, 4.69) is 39.5 Å². The molecule has 2 heterocycles. The van der Waals surface area contributed by atoms with Crippen molar-refractivity contribution in [1.29, 1.82) is 0 Å². The lowest BCUT2D eigenvalue weighted by Gasteiger charge is -2.30. The molecule has 4 heteroatoms. The molecule has 1 saturated carbocycles. The van der Waals surface area contributed by atoms with Crippen LogP contribution in [-0.4, -0.2) is 34.1 Å². The molecule has 1 aromatic heterocycles. The average Bonchev–Trinajstić information content (AvgIpc) is 2.80. The van der Waals surface area contributed by atoms with E-state index in [4.69, 9.17) is 12.2 Å². The van der Waals surface area contributed by atoms with Gasteiger partial charge in [-0.3, -0.25) is 0 Å². The molecule has 1 aliphatic carbocycles. The van der Waals surface area contributed by atoms with E-state index in [1.807, 2.05) is 0 Å². The SMILES string of the molecule is S=C(NC1CCCCC1)N1CCc2[nH]c3ccccc3c2CC1. The van der Waals surface area contributed by atoms with Gasteiger partial charge in [-0.1, -0.05) is 37.5 Å². The Morgan fingerprint density at radius 2 is 1.87 bits per heavy atom. The fourth-order valence-corrected chi connectivity index (χ4v) is 4.43. The molecule has 0 saturated heterocycles. The highest BCUT2D eigenvalue weighted by Crippen LogP contribution is 2.26. The van der Waals surface area contributed by atoms with E-state index in [0.717, 1.165) is 31.0 Å². The summed E-state index contributed by atoms with van der Waals surface area (Å²) < 4.78 is 0. The number of nitrogens with one attached hydrogen (secondary N) is 2. The minimum absolute atomic E-state index is 0.596. The van der Waals surface area contributed by atoms with Crippen molar-refractivity contribution in [2.24, 2.45) is 0 Å². The summed E-state index contributed by atoms with van der Waals surface area (Å²) in [6.45, 7) is 2.03. The number of hydrogen-bond acceptors (Lipinski definition) is 1. The fourth-order valence-electron chi connectivity index (χ4n) is 4.08. The molecular formula is C19H25N3S. The lowest BCUT2D eigenvalue weighted by Crippen LogP contribution is -2.46. The third kappa shape index (κ3) is 3.09. The van der Waals surface area contributed by atoms with Crippen LogP contribution >= 0.6 is 12.2 Å². The van der Waals surface area contributed by atoms with Crippen molar-refractivity contribution in [1.82, 2.24) is 15.2 Å². The molecule has 1 aliphatic heterocycles. The van der Waals surface area contributed by atoms with Gasteiger partial charge in [0.2, 0.25) is 0 Å². The zero-order chi connectivity index (χ0) is 15.6. The first kappa shape index (κ1) is 15.0. The van der Waals surface area contributed by atoms with Crippen LogP contribution in [0.2, 0.25) is 0 Å². The van der Waals surface area contributed by atoms with Gasteiger partial charge in [0.25, 0.3) is 0 Å². The third-order valence-electron chi connectivity index (χ3n) is 5.39. The third-order valence-corrected chi connectivity index (χ3v) is 5.76. The molecule has 0 amide bonds. The summed E-state index contributed by atoms with van der Waals surface area (Å²) >= 11 is 5.70. The average molecular weight is 327 g/mol. The van der Waals surface area contributed by atoms with Crippen LogP contribution < -0.4 is 5.32 Å². The lowest BCUT2D eigenvalue weighted by molar-refractivity contribution is 0.378. The number of aromatic nitrogens is 1. The molecule has 2 N–H and O–H groups in total. The number of aromatic amines is 1. The normalized spacial score (nSPS) is 19.4. The van der Waals surface area contributed by atoms with E-state index in [-0.39, 0.29) is 0 Å². The molecule has 4 rings (SSSR count). The second-order valence-electron chi connectivity index (χ2n) is 6.90. The lowest BCUT2D eigenvalue weighted by atomic mass is 9.96. The summed E-state index contributed by atoms with van der Waals surface area (Å²) in [5.41, 5.74) is 4.16. The van der Waals surface area contributed by atoms with Gasteiger partial charge in [0.15, 0.2) is 5.11 Å². The predicted octanol–water partition coefficient (Wildman–Crippen LogP) is 3.78. The molecule has 0 spiro atoms. The van der Waals surface area contributed by atoms with Crippen LogP contribution in [0.15, 0.2) is 24.3 Å². The van der Waals surface area contributed by atoms with Crippen molar-refractivity contribution < 1.29 is 0 Å². The van der Waals surface area contributed by atoms with Gasteiger partial charge in [-0.25, -0.2) is 0 Å². The highest BCUT2D eigenvalue weighted by Gasteiger charge is 2.21. The largest absolute Gasteiger partial charge is 0.360 e. The van der Waals surface area contributed by atoms with Gasteiger partial charge in [-0.2, -0.15) is 0 Å². The Morgan fingerprint density at radius 1 is 1.09 bits per heavy atom. The first-order valence-electron chi connectivity index (χ1n) is 8.95. The topological polar surface area (TPSA) is 31.1 Å². The summed E-state index contributed by atoms with van der Waals surface area (Å²) in [5, 5.41) is 5.97. The molecule has 1 fully saturated rings. The highest BCUT2D eigenvalue weighted by molar-refractivity contribution is 7.80. The summed E-state index contributed by atoms with van der Waals surface area (Å²) in [6, 6.07) is 9.25. The Morgan fingerprint density at radius 3 is 2.74 bits per heavy atom. The number of para-hydroxylation sites is 1. The monoisotopic (exact) mass is 327 g/mol. The molecule has 0 unspecified atom stereocenters. The number of fused-ring (bicyclic) bond motifs is 3. The first-order chi connectivity index (χ1) is 11.3. The summed E-state index contributed by atoms with van der Waals surface area (Å²) in [4.78, 5) is 5.97. The van der Waals surface area contributed by atoms with E-state index >= 15 is 0 Å². The number of nitrogens with zero attached hydrogens (tertiary/aromatic N) is 1. The standard InChI is InChI=1S/C19H25N3S/c23-19(20-14-6-2-1-3-7-14)22-12-10-16-15-8-4-5-9-17(15)21-18(16)11-13-22/h4-5,8-9,14,21H,1-3,6-7,10-13H2,(H,20,23). The highest BCUT2D eigenvalue weighted by atomic mass is 32.1. The van der Waals surface area contributed by atoms with Crippen LogP contribution in [0.5, 0.6) is 0 Å². The molecule has 23 heavy (non-hydrogen) atoms. The van der Waals surface area contributed by atoms with Crippen molar-refractivity contribution in [2.45, 2.75) is 51.0 Å². The van der Waals surface area contributed by atoms with E-state index in [9.17, 15) is 0 Å². The minimum Gasteiger partial charge on any atom is -0.360 e. The number of rotatable bonds is 1. The molecule has 1 aromatic carbocycles. The zero-order valence-electron chi connectivity index (χ0n) is 13.6. The molecule has 0 atom stereocenters. The Bertz CT molecular complexity index is 700. The zero-order valence-corrected chi connectivity index (χ0v) is 14.4. The van der Waals surface area contributed by atoms with Crippen LogP contribution in [0.1, 0.15) is 43.4 Å². The van der Waals surface area contributed by atoms with E-state index < -0.39 is 0 Å². The van der Waals surface area contributed by atoms with E-state index in [1.54, 1.807) is 0 Å². The van der Waals surface area contributed by atoms with Gasteiger partial charge in [-0.05, 0) is 43.1 Å². The second kappa shape index (κ2) is 6.52. The minimum atomic E-state index is 0.596. The van der Waals surface area contributed by atoms with Crippen molar-refractivity contribution in [2.75, 3.05) is 13.1 Å². The number of benzene rings is 1. The molecular weight excluding hydrogens is 302 g/mol. The van der Waals surface area contributed by atoms with Gasteiger partial charge < -0.3 is 15.2 Å². The molecule has 3 nitrogen and oxygen atoms in total. The smallest absolute Gasteiger partial charge is 0.169 e. The maximum Gasteiger partial charge on any atom is 0.169 e. The number of H-pyrrole nitrogens is 1. The van der Waals surface area contributed by atoms with Crippen molar-refractivity contribution in [3.8, 4) is 0 Å². The van der Waals surface area contributed by atoms with E-state index in [1.165, 1.54) is 54.3 Å². The van der Waals surface area contributed by atoms with Crippen molar-refractivity contribution in [3.63, 3.8) is 0 Å². The Hall–Kier alpha value is -1.55. The van der Waals surface area contributed by atoms with E-state index in [0.29, 0.717) is 6.04 Å². The van der Waals surface area contributed by atoms with Crippen LogP contribution in [0.25, 0.3) is 10.9 Å². The summed E-state index contributed by atoms with van der Waals surface area (Å²) in [5.74, 6) is 0. The van der Waals surface area contributed by atoms with Crippen molar-refractivity contribution in [3.05, 3.63) is 35.5 Å². The van der Waals surface area contributed by atoms with Gasteiger partial charge in [-0.15, -0.1) is 0 Å². The summed E-state index contributed by atoms with van der Waals surface area (Å²) in [6.07, 6.45) is 8.75. The van der Waals surface area contributed by atoms with Crippen LogP contribution in [0.4, 0.5) is 0 Å². The Kier molecular flexibility index (Phi) is 4.25. The molecule has 0 bridgehead atoms. The number of hydrogen-bond donors (Lipinski definition) is 2. The predicted molar refractivity (Wildman–Crippen MR) is 99.9 cm³/mol. The molecule has 122 valence electrons.